The summed E-state index contributed by atoms with van der Waals surface area (Å²) in [4.78, 5) is 11.5. The average Bonchev–Trinajstić information content (AvgIpc) is 2.89. The Morgan fingerprint density at radius 2 is 2.06 bits per heavy atom. The standard InChI is InChI=1S/C13H14N2O2/c16-13(12-8-10-15-17-12)14-9-4-7-11-5-2-1-3-6-11/h1-3,5-6,8,10H,4,7,9H2,(H,14,16). The SMILES string of the molecule is O=C(NCCCc1ccccc1)c1ccno1. The lowest BCUT2D eigenvalue weighted by Crippen LogP contribution is -2.24. The van der Waals surface area contributed by atoms with E-state index < -0.39 is 0 Å². The number of carbonyl (C=O) groups is 1. The number of aryl methyl sites for hydroxylation is 1. The summed E-state index contributed by atoms with van der Waals surface area (Å²) in [6, 6.07) is 11.7. The lowest BCUT2D eigenvalue weighted by molar-refractivity contribution is 0.0916. The van der Waals surface area contributed by atoms with E-state index in [1.165, 1.54) is 11.8 Å². The fourth-order valence-electron chi connectivity index (χ4n) is 1.56. The first-order valence-electron chi connectivity index (χ1n) is 5.59. The van der Waals surface area contributed by atoms with Gasteiger partial charge in [-0.2, -0.15) is 0 Å². The van der Waals surface area contributed by atoms with E-state index in [4.69, 9.17) is 4.52 Å². The molecule has 1 aromatic heterocycles. The second-order valence-electron chi connectivity index (χ2n) is 3.72. The number of hydrogen-bond donors (Lipinski definition) is 1. The molecule has 2 aromatic rings. The number of nitrogens with one attached hydrogen (secondary N) is 1. The maximum Gasteiger partial charge on any atom is 0.289 e. The van der Waals surface area contributed by atoms with E-state index in [1.54, 1.807) is 6.07 Å². The molecule has 0 spiro atoms. The fourth-order valence-corrected chi connectivity index (χ4v) is 1.56. The van der Waals surface area contributed by atoms with Crippen LogP contribution in [0, 0.1) is 0 Å². The van der Waals surface area contributed by atoms with Crippen LogP contribution in [-0.2, 0) is 6.42 Å². The Hall–Kier alpha value is -2.10. The van der Waals surface area contributed by atoms with Crippen molar-refractivity contribution in [1.82, 2.24) is 10.5 Å². The molecule has 2 rings (SSSR count). The third-order valence-corrected chi connectivity index (χ3v) is 2.43. The largest absolute Gasteiger partial charge is 0.351 e. The van der Waals surface area contributed by atoms with Crippen molar-refractivity contribution in [2.45, 2.75) is 12.8 Å². The van der Waals surface area contributed by atoms with Crippen molar-refractivity contribution in [1.29, 1.82) is 0 Å². The van der Waals surface area contributed by atoms with E-state index in [-0.39, 0.29) is 11.7 Å². The maximum absolute atomic E-state index is 11.5. The van der Waals surface area contributed by atoms with Crippen molar-refractivity contribution in [2.75, 3.05) is 6.54 Å². The number of amides is 1. The highest BCUT2D eigenvalue weighted by molar-refractivity contribution is 5.91. The molecule has 0 saturated heterocycles. The minimum Gasteiger partial charge on any atom is -0.351 e. The lowest BCUT2D eigenvalue weighted by Gasteiger charge is -2.02. The normalized spacial score (nSPS) is 10.1. The Labute approximate surface area is 99.6 Å². The molecular formula is C13H14N2O2. The summed E-state index contributed by atoms with van der Waals surface area (Å²) in [7, 11) is 0. The van der Waals surface area contributed by atoms with Gasteiger partial charge in [-0.05, 0) is 18.4 Å². The van der Waals surface area contributed by atoms with Gasteiger partial charge in [-0.3, -0.25) is 4.79 Å². The molecule has 0 aliphatic rings. The van der Waals surface area contributed by atoms with Crippen LogP contribution in [0.2, 0.25) is 0 Å². The van der Waals surface area contributed by atoms with E-state index >= 15 is 0 Å². The predicted octanol–water partition coefficient (Wildman–Crippen LogP) is 2.04. The van der Waals surface area contributed by atoms with Gasteiger partial charge in [0.15, 0.2) is 0 Å². The predicted molar refractivity (Wildman–Crippen MR) is 63.6 cm³/mol. The zero-order chi connectivity index (χ0) is 11.9. The van der Waals surface area contributed by atoms with E-state index in [9.17, 15) is 4.79 Å². The van der Waals surface area contributed by atoms with Gasteiger partial charge >= 0.3 is 0 Å². The molecule has 4 heteroatoms. The number of benzene rings is 1. The minimum absolute atomic E-state index is 0.212. The highest BCUT2D eigenvalue weighted by Crippen LogP contribution is 2.02. The number of hydrogen-bond acceptors (Lipinski definition) is 3. The minimum atomic E-state index is -0.212. The van der Waals surface area contributed by atoms with Gasteiger partial charge < -0.3 is 9.84 Å². The monoisotopic (exact) mass is 230 g/mol. The van der Waals surface area contributed by atoms with Crippen LogP contribution in [0.5, 0.6) is 0 Å². The summed E-state index contributed by atoms with van der Waals surface area (Å²) in [6.07, 6.45) is 3.32. The Kier molecular flexibility index (Phi) is 3.91. The molecule has 88 valence electrons. The number of nitrogens with zero attached hydrogens (tertiary/aromatic N) is 1. The van der Waals surface area contributed by atoms with Gasteiger partial charge in [0, 0.05) is 12.6 Å². The first-order valence-corrected chi connectivity index (χ1v) is 5.59. The van der Waals surface area contributed by atoms with E-state index in [0.29, 0.717) is 6.54 Å². The molecule has 0 saturated carbocycles. The van der Waals surface area contributed by atoms with E-state index in [2.05, 4.69) is 22.6 Å². The Balaban J connectivity index is 1.69. The molecule has 4 nitrogen and oxygen atoms in total. The third kappa shape index (κ3) is 3.45. The van der Waals surface area contributed by atoms with Crippen molar-refractivity contribution in [3.63, 3.8) is 0 Å². The summed E-state index contributed by atoms with van der Waals surface area (Å²) in [5.41, 5.74) is 1.28. The molecule has 0 aliphatic heterocycles. The van der Waals surface area contributed by atoms with Gasteiger partial charge in [0.1, 0.15) is 0 Å². The van der Waals surface area contributed by atoms with Gasteiger partial charge in [0.25, 0.3) is 5.91 Å². The molecule has 0 unspecified atom stereocenters. The Morgan fingerprint density at radius 3 is 2.76 bits per heavy atom. The zero-order valence-corrected chi connectivity index (χ0v) is 9.43. The molecule has 1 aromatic carbocycles. The van der Waals surface area contributed by atoms with Gasteiger partial charge in [-0.15, -0.1) is 0 Å². The van der Waals surface area contributed by atoms with Gasteiger partial charge in [0.05, 0.1) is 6.20 Å². The van der Waals surface area contributed by atoms with Gasteiger partial charge in [-0.25, -0.2) is 0 Å². The Morgan fingerprint density at radius 1 is 1.24 bits per heavy atom. The molecule has 0 fully saturated rings. The number of carbonyl (C=O) groups excluding carboxylic acids is 1. The maximum atomic E-state index is 11.5. The molecular weight excluding hydrogens is 216 g/mol. The summed E-state index contributed by atoms with van der Waals surface area (Å²) < 4.78 is 4.75. The van der Waals surface area contributed by atoms with Crippen LogP contribution in [0.4, 0.5) is 0 Å². The quantitative estimate of drug-likeness (QED) is 0.800. The third-order valence-electron chi connectivity index (χ3n) is 2.43. The summed E-state index contributed by atoms with van der Waals surface area (Å²) in [5.74, 6) is 0.0419. The molecule has 17 heavy (non-hydrogen) atoms. The van der Waals surface area contributed by atoms with Crippen molar-refractivity contribution in [3.05, 3.63) is 53.9 Å². The van der Waals surface area contributed by atoms with Crippen molar-refractivity contribution >= 4 is 5.91 Å². The number of rotatable bonds is 5. The highest BCUT2D eigenvalue weighted by Gasteiger charge is 2.07. The molecule has 0 atom stereocenters. The van der Waals surface area contributed by atoms with Crippen LogP contribution in [0.3, 0.4) is 0 Å². The second-order valence-corrected chi connectivity index (χ2v) is 3.72. The zero-order valence-electron chi connectivity index (χ0n) is 9.43. The smallest absolute Gasteiger partial charge is 0.289 e. The highest BCUT2D eigenvalue weighted by atomic mass is 16.5. The van der Waals surface area contributed by atoms with Gasteiger partial charge in [-0.1, -0.05) is 35.5 Å². The van der Waals surface area contributed by atoms with Crippen LogP contribution in [0.15, 0.2) is 47.1 Å². The lowest BCUT2D eigenvalue weighted by atomic mass is 10.1. The summed E-state index contributed by atoms with van der Waals surface area (Å²) >= 11 is 0. The molecule has 0 aliphatic carbocycles. The Bertz CT molecular complexity index is 452. The van der Waals surface area contributed by atoms with Crippen LogP contribution in [0.25, 0.3) is 0 Å². The summed E-state index contributed by atoms with van der Waals surface area (Å²) in [6.45, 7) is 0.633. The van der Waals surface area contributed by atoms with Crippen molar-refractivity contribution in [3.8, 4) is 0 Å². The van der Waals surface area contributed by atoms with E-state index in [0.717, 1.165) is 12.8 Å². The first kappa shape index (κ1) is 11.4. The first-order chi connectivity index (χ1) is 8.36. The van der Waals surface area contributed by atoms with Crippen LogP contribution in [0.1, 0.15) is 22.5 Å². The topological polar surface area (TPSA) is 55.1 Å². The van der Waals surface area contributed by atoms with Crippen molar-refractivity contribution < 1.29 is 9.32 Å². The second kappa shape index (κ2) is 5.84. The van der Waals surface area contributed by atoms with Crippen molar-refractivity contribution in [2.24, 2.45) is 0 Å². The average molecular weight is 230 g/mol. The van der Waals surface area contributed by atoms with Crippen LogP contribution >= 0.6 is 0 Å². The van der Waals surface area contributed by atoms with Crippen LogP contribution < -0.4 is 5.32 Å². The fraction of sp³-hybridized carbons (Fsp3) is 0.231. The molecule has 0 bridgehead atoms. The molecule has 0 radical (unpaired) electrons. The van der Waals surface area contributed by atoms with E-state index in [1.807, 2.05) is 18.2 Å². The summed E-state index contributed by atoms with van der Waals surface area (Å²) in [5, 5.41) is 6.27. The number of aromatic nitrogens is 1. The molecule has 1 amide bonds. The molecule has 1 N–H and O–H groups in total. The van der Waals surface area contributed by atoms with Crippen LogP contribution in [-0.4, -0.2) is 17.6 Å². The van der Waals surface area contributed by atoms with Gasteiger partial charge in [0.2, 0.25) is 5.76 Å². The molecule has 1 heterocycles.